The fourth-order valence-corrected chi connectivity index (χ4v) is 2.93. The molecule has 0 fully saturated rings. The summed E-state index contributed by atoms with van der Waals surface area (Å²) in [6.45, 7) is 1.30. The number of rotatable bonds is 7. The van der Waals surface area contributed by atoms with Crippen LogP contribution in [0.1, 0.15) is 23.5 Å². The Morgan fingerprint density at radius 1 is 1.23 bits per heavy atom. The summed E-state index contributed by atoms with van der Waals surface area (Å²) < 4.78 is 10.8. The maximum atomic E-state index is 12.6. The van der Waals surface area contributed by atoms with Crippen LogP contribution in [-0.4, -0.2) is 32.1 Å². The van der Waals surface area contributed by atoms with Gasteiger partial charge in [-0.1, -0.05) is 30.3 Å². The number of amides is 2. The van der Waals surface area contributed by atoms with Gasteiger partial charge in [0.1, 0.15) is 5.75 Å². The predicted molar refractivity (Wildman–Crippen MR) is 98.1 cm³/mol. The highest BCUT2D eigenvalue weighted by molar-refractivity contribution is 6.01. The molecule has 1 aliphatic rings. The molecule has 1 aliphatic heterocycles. The normalized spacial score (nSPS) is 15.7. The van der Waals surface area contributed by atoms with E-state index in [0.29, 0.717) is 31.2 Å². The Kier molecular flexibility index (Phi) is 5.86. The van der Waals surface area contributed by atoms with Gasteiger partial charge in [-0.05, 0) is 29.3 Å². The minimum Gasteiger partial charge on any atom is -0.497 e. The van der Waals surface area contributed by atoms with Gasteiger partial charge in [-0.3, -0.25) is 9.59 Å². The van der Waals surface area contributed by atoms with Crippen molar-refractivity contribution in [1.29, 1.82) is 0 Å². The minimum absolute atomic E-state index is 0.122. The third-order valence-corrected chi connectivity index (χ3v) is 4.27. The molecule has 6 heteroatoms. The summed E-state index contributed by atoms with van der Waals surface area (Å²) in [5, 5.41) is 5.64. The van der Waals surface area contributed by atoms with E-state index in [4.69, 9.17) is 9.47 Å². The Bertz CT molecular complexity index is 777. The van der Waals surface area contributed by atoms with Crippen molar-refractivity contribution in [3.05, 3.63) is 59.7 Å². The van der Waals surface area contributed by atoms with Crippen molar-refractivity contribution in [1.82, 2.24) is 5.32 Å². The molecular formula is C20H22N2O4. The zero-order chi connectivity index (χ0) is 18.4. The van der Waals surface area contributed by atoms with Crippen LogP contribution in [0.15, 0.2) is 48.5 Å². The number of methoxy groups -OCH3 is 1. The number of carbonyl (C=O) groups excluding carboxylic acids is 2. The summed E-state index contributed by atoms with van der Waals surface area (Å²) in [6.07, 6.45) is 0.122. The zero-order valence-electron chi connectivity index (χ0n) is 14.7. The number of hydrogen-bond donors (Lipinski definition) is 2. The molecule has 0 aliphatic carbocycles. The predicted octanol–water partition coefficient (Wildman–Crippen LogP) is 2.45. The standard InChI is InChI=1S/C20H22N2O4/c1-25-15-7-8-18-16(11-15)17(12-19(23)22-18)20(24)21-9-10-26-13-14-5-3-2-4-6-14/h2-8,11,17H,9-10,12-13H2,1H3,(H,21,24)(H,22,23). The van der Waals surface area contributed by atoms with Gasteiger partial charge >= 0.3 is 0 Å². The molecule has 0 aromatic heterocycles. The fraction of sp³-hybridized carbons (Fsp3) is 0.300. The van der Waals surface area contributed by atoms with Gasteiger partial charge in [0, 0.05) is 18.7 Å². The zero-order valence-corrected chi connectivity index (χ0v) is 14.7. The third kappa shape index (κ3) is 4.40. The first-order valence-corrected chi connectivity index (χ1v) is 8.54. The highest BCUT2D eigenvalue weighted by Crippen LogP contribution is 2.34. The molecule has 2 aromatic carbocycles. The summed E-state index contributed by atoms with van der Waals surface area (Å²) in [5.74, 6) is -0.215. The van der Waals surface area contributed by atoms with E-state index in [0.717, 1.165) is 11.1 Å². The van der Waals surface area contributed by atoms with Gasteiger partial charge in [-0.2, -0.15) is 0 Å². The highest BCUT2D eigenvalue weighted by atomic mass is 16.5. The van der Waals surface area contributed by atoms with E-state index in [1.807, 2.05) is 30.3 Å². The summed E-state index contributed by atoms with van der Waals surface area (Å²) >= 11 is 0. The van der Waals surface area contributed by atoms with Crippen LogP contribution in [0.2, 0.25) is 0 Å². The smallest absolute Gasteiger partial charge is 0.228 e. The van der Waals surface area contributed by atoms with Crippen LogP contribution >= 0.6 is 0 Å². The van der Waals surface area contributed by atoms with E-state index in [2.05, 4.69) is 10.6 Å². The number of hydrogen-bond acceptors (Lipinski definition) is 4. The van der Waals surface area contributed by atoms with Gasteiger partial charge in [-0.15, -0.1) is 0 Å². The average Bonchev–Trinajstić information content (AvgIpc) is 2.67. The average molecular weight is 354 g/mol. The highest BCUT2D eigenvalue weighted by Gasteiger charge is 2.30. The quantitative estimate of drug-likeness (QED) is 0.749. The molecule has 26 heavy (non-hydrogen) atoms. The molecule has 0 saturated heterocycles. The van der Waals surface area contributed by atoms with Gasteiger partial charge in [-0.25, -0.2) is 0 Å². The second kappa shape index (κ2) is 8.49. The van der Waals surface area contributed by atoms with Crippen molar-refractivity contribution in [2.45, 2.75) is 18.9 Å². The number of benzene rings is 2. The maximum Gasteiger partial charge on any atom is 0.228 e. The van der Waals surface area contributed by atoms with E-state index in [1.165, 1.54) is 0 Å². The van der Waals surface area contributed by atoms with Crippen LogP contribution in [0.5, 0.6) is 5.75 Å². The number of ether oxygens (including phenoxy) is 2. The monoisotopic (exact) mass is 354 g/mol. The molecule has 2 aromatic rings. The Labute approximate surface area is 152 Å². The van der Waals surface area contributed by atoms with Crippen molar-refractivity contribution in [3.63, 3.8) is 0 Å². The second-order valence-corrected chi connectivity index (χ2v) is 6.09. The number of fused-ring (bicyclic) bond motifs is 1. The van der Waals surface area contributed by atoms with Crippen molar-refractivity contribution >= 4 is 17.5 Å². The largest absolute Gasteiger partial charge is 0.497 e. The number of carbonyl (C=O) groups is 2. The van der Waals surface area contributed by atoms with Gasteiger partial charge < -0.3 is 20.1 Å². The first-order valence-electron chi connectivity index (χ1n) is 8.54. The van der Waals surface area contributed by atoms with Crippen molar-refractivity contribution < 1.29 is 19.1 Å². The van der Waals surface area contributed by atoms with E-state index in [1.54, 1.807) is 25.3 Å². The first kappa shape index (κ1) is 17.9. The molecule has 136 valence electrons. The molecule has 3 rings (SSSR count). The molecule has 0 spiro atoms. The Morgan fingerprint density at radius 2 is 2.04 bits per heavy atom. The van der Waals surface area contributed by atoms with E-state index >= 15 is 0 Å². The van der Waals surface area contributed by atoms with E-state index in [-0.39, 0.29) is 18.2 Å². The van der Waals surface area contributed by atoms with E-state index in [9.17, 15) is 9.59 Å². The van der Waals surface area contributed by atoms with Crippen LogP contribution in [0.25, 0.3) is 0 Å². The molecule has 2 N–H and O–H groups in total. The number of nitrogens with one attached hydrogen (secondary N) is 2. The topological polar surface area (TPSA) is 76.7 Å². The number of anilines is 1. The Balaban J connectivity index is 1.54. The van der Waals surface area contributed by atoms with Gasteiger partial charge in [0.05, 0.1) is 26.2 Å². The molecule has 6 nitrogen and oxygen atoms in total. The van der Waals surface area contributed by atoms with Crippen molar-refractivity contribution in [3.8, 4) is 5.75 Å². The van der Waals surface area contributed by atoms with Crippen LogP contribution in [0.3, 0.4) is 0 Å². The lowest BCUT2D eigenvalue weighted by molar-refractivity contribution is -0.126. The molecule has 1 atom stereocenters. The van der Waals surface area contributed by atoms with Crippen LogP contribution in [0, 0.1) is 0 Å². The molecule has 0 bridgehead atoms. The lowest BCUT2D eigenvalue weighted by Crippen LogP contribution is -2.36. The van der Waals surface area contributed by atoms with Crippen LogP contribution in [-0.2, 0) is 20.9 Å². The molecule has 0 radical (unpaired) electrons. The van der Waals surface area contributed by atoms with Crippen molar-refractivity contribution in [2.24, 2.45) is 0 Å². The maximum absolute atomic E-state index is 12.6. The summed E-state index contributed by atoms with van der Waals surface area (Å²) in [5.41, 5.74) is 2.51. The molecule has 0 saturated carbocycles. The van der Waals surface area contributed by atoms with Gasteiger partial charge in [0.15, 0.2) is 0 Å². The summed E-state index contributed by atoms with van der Waals surface area (Å²) in [4.78, 5) is 24.4. The lowest BCUT2D eigenvalue weighted by Gasteiger charge is -2.25. The summed E-state index contributed by atoms with van der Waals surface area (Å²) in [7, 11) is 1.57. The van der Waals surface area contributed by atoms with Gasteiger partial charge in [0.2, 0.25) is 11.8 Å². The van der Waals surface area contributed by atoms with Gasteiger partial charge in [0.25, 0.3) is 0 Å². The van der Waals surface area contributed by atoms with Crippen LogP contribution in [0.4, 0.5) is 5.69 Å². The first-order chi connectivity index (χ1) is 12.7. The lowest BCUT2D eigenvalue weighted by atomic mass is 9.89. The third-order valence-electron chi connectivity index (χ3n) is 4.27. The van der Waals surface area contributed by atoms with Crippen LogP contribution < -0.4 is 15.4 Å². The molecular weight excluding hydrogens is 332 g/mol. The Hall–Kier alpha value is -2.86. The molecule has 1 unspecified atom stereocenters. The molecule has 1 heterocycles. The van der Waals surface area contributed by atoms with Crippen molar-refractivity contribution in [2.75, 3.05) is 25.6 Å². The minimum atomic E-state index is -0.525. The SMILES string of the molecule is COc1ccc2c(c1)C(C(=O)NCCOCc1ccccc1)CC(=O)N2. The second-order valence-electron chi connectivity index (χ2n) is 6.09. The Morgan fingerprint density at radius 3 is 2.81 bits per heavy atom. The summed E-state index contributed by atoms with van der Waals surface area (Å²) in [6, 6.07) is 15.2. The molecule has 2 amide bonds. The fourth-order valence-electron chi connectivity index (χ4n) is 2.93. The van der Waals surface area contributed by atoms with E-state index < -0.39 is 5.92 Å².